The molecule has 0 saturated heterocycles. The number of nitrogens with zero attached hydrogens (tertiary/aromatic N) is 2. The summed E-state index contributed by atoms with van der Waals surface area (Å²) in [5.41, 5.74) is 1.59. The fourth-order valence-corrected chi connectivity index (χ4v) is 3.23. The monoisotopic (exact) mass is 334 g/mol. The third-order valence-electron chi connectivity index (χ3n) is 3.56. The first kappa shape index (κ1) is 17.4. The quantitative estimate of drug-likeness (QED) is 0.839. The molecule has 2 aromatic rings. The fourth-order valence-electron chi connectivity index (χ4n) is 2.40. The number of thiazole rings is 1. The molecule has 5 nitrogen and oxygen atoms in total. The Morgan fingerprint density at radius 2 is 2.17 bits per heavy atom. The predicted octanol–water partition coefficient (Wildman–Crippen LogP) is 3.53. The van der Waals surface area contributed by atoms with E-state index in [0.717, 1.165) is 10.7 Å². The van der Waals surface area contributed by atoms with Crippen molar-refractivity contribution in [3.63, 3.8) is 0 Å². The number of rotatable bonds is 7. The average molecular weight is 334 g/mol. The lowest BCUT2D eigenvalue weighted by atomic mass is 10.1. The summed E-state index contributed by atoms with van der Waals surface area (Å²) in [6.45, 7) is 4.68. The third-order valence-corrected chi connectivity index (χ3v) is 4.75. The number of aromatic nitrogens is 1. The number of carboxylic acids is 1. The van der Waals surface area contributed by atoms with Crippen LogP contribution in [-0.4, -0.2) is 35.1 Å². The minimum Gasteiger partial charge on any atom is -0.497 e. The highest BCUT2D eigenvalue weighted by atomic mass is 32.1. The molecule has 1 unspecified atom stereocenters. The molecule has 1 aromatic heterocycles. The molecule has 0 spiro atoms. The Labute approximate surface area is 140 Å². The molecule has 0 bridgehead atoms. The number of hydrogen-bond donors (Lipinski definition) is 1. The van der Waals surface area contributed by atoms with E-state index in [1.54, 1.807) is 54.7 Å². The molecule has 23 heavy (non-hydrogen) atoms. The van der Waals surface area contributed by atoms with Gasteiger partial charge < -0.3 is 9.84 Å². The van der Waals surface area contributed by atoms with E-state index >= 15 is 0 Å². The number of aliphatic carboxylic acids is 1. The van der Waals surface area contributed by atoms with E-state index < -0.39 is 12.0 Å². The van der Waals surface area contributed by atoms with Crippen LogP contribution in [0.2, 0.25) is 0 Å². The standard InChI is InChI=1S/C17H22N2O3S/c1-11(2)16-18-13(10-23-16)9-19(3)15(17(20)21)12-6-5-7-14(8-12)22-4/h5-8,10-11,15H,9H2,1-4H3,(H,20,21). The van der Waals surface area contributed by atoms with Gasteiger partial charge in [-0.05, 0) is 24.7 Å². The van der Waals surface area contributed by atoms with Crippen molar-refractivity contribution in [2.24, 2.45) is 0 Å². The molecule has 0 fully saturated rings. The highest BCUT2D eigenvalue weighted by Gasteiger charge is 2.25. The van der Waals surface area contributed by atoms with Crippen molar-refractivity contribution in [2.75, 3.05) is 14.2 Å². The highest BCUT2D eigenvalue weighted by Crippen LogP contribution is 2.26. The molecule has 1 N–H and O–H groups in total. The molecule has 0 amide bonds. The number of likely N-dealkylation sites (N-methyl/N-ethyl adjacent to an activating group) is 1. The molecule has 1 aromatic carbocycles. The van der Waals surface area contributed by atoms with Crippen molar-refractivity contribution in [2.45, 2.75) is 32.4 Å². The van der Waals surface area contributed by atoms with Gasteiger partial charge in [-0.2, -0.15) is 0 Å². The first-order chi connectivity index (χ1) is 10.9. The fraction of sp³-hybridized carbons (Fsp3) is 0.412. The van der Waals surface area contributed by atoms with Crippen molar-refractivity contribution in [3.05, 3.63) is 45.9 Å². The lowest BCUT2D eigenvalue weighted by Crippen LogP contribution is -2.30. The van der Waals surface area contributed by atoms with Gasteiger partial charge in [0.2, 0.25) is 0 Å². The van der Waals surface area contributed by atoms with Crippen molar-refractivity contribution in [1.29, 1.82) is 0 Å². The van der Waals surface area contributed by atoms with Crippen LogP contribution in [0.15, 0.2) is 29.6 Å². The largest absolute Gasteiger partial charge is 0.497 e. The molecule has 0 aliphatic heterocycles. The highest BCUT2D eigenvalue weighted by molar-refractivity contribution is 7.09. The lowest BCUT2D eigenvalue weighted by Gasteiger charge is -2.24. The van der Waals surface area contributed by atoms with Gasteiger partial charge in [0.05, 0.1) is 17.8 Å². The number of methoxy groups -OCH3 is 1. The second kappa shape index (κ2) is 7.57. The minimum atomic E-state index is -0.889. The van der Waals surface area contributed by atoms with E-state index in [1.165, 1.54) is 0 Å². The molecule has 6 heteroatoms. The van der Waals surface area contributed by atoms with Crippen LogP contribution in [0.1, 0.15) is 42.1 Å². The smallest absolute Gasteiger partial charge is 0.325 e. The van der Waals surface area contributed by atoms with Crippen LogP contribution in [0.4, 0.5) is 0 Å². The first-order valence-electron chi connectivity index (χ1n) is 7.43. The van der Waals surface area contributed by atoms with Gasteiger partial charge in [-0.25, -0.2) is 4.98 Å². The van der Waals surface area contributed by atoms with Crippen LogP contribution >= 0.6 is 11.3 Å². The van der Waals surface area contributed by atoms with Crippen molar-refractivity contribution in [3.8, 4) is 5.75 Å². The van der Waals surface area contributed by atoms with Gasteiger partial charge in [-0.15, -0.1) is 11.3 Å². The number of carboxylic acid groups (broad SMARTS) is 1. The van der Waals surface area contributed by atoms with Gasteiger partial charge >= 0.3 is 5.97 Å². The van der Waals surface area contributed by atoms with Crippen LogP contribution in [0.5, 0.6) is 5.75 Å². The molecule has 1 heterocycles. The summed E-state index contributed by atoms with van der Waals surface area (Å²) >= 11 is 1.62. The molecule has 124 valence electrons. The normalized spacial score (nSPS) is 12.6. The van der Waals surface area contributed by atoms with Gasteiger partial charge in [0.1, 0.15) is 11.8 Å². The Bertz CT molecular complexity index is 669. The van der Waals surface area contributed by atoms with E-state index in [1.807, 2.05) is 5.38 Å². The number of benzene rings is 1. The number of ether oxygens (including phenoxy) is 1. The summed E-state index contributed by atoms with van der Waals surface area (Å²) in [7, 11) is 3.37. The first-order valence-corrected chi connectivity index (χ1v) is 8.31. The molecule has 0 radical (unpaired) electrons. The zero-order valence-corrected chi connectivity index (χ0v) is 14.6. The number of hydrogen-bond acceptors (Lipinski definition) is 5. The van der Waals surface area contributed by atoms with E-state index in [0.29, 0.717) is 23.8 Å². The Hall–Kier alpha value is -1.92. The minimum absolute atomic E-state index is 0.382. The van der Waals surface area contributed by atoms with Gasteiger partial charge in [-0.3, -0.25) is 9.69 Å². The maximum Gasteiger partial charge on any atom is 0.325 e. The van der Waals surface area contributed by atoms with E-state index in [-0.39, 0.29) is 0 Å². The molecule has 0 saturated carbocycles. The van der Waals surface area contributed by atoms with E-state index in [2.05, 4.69) is 18.8 Å². The summed E-state index contributed by atoms with van der Waals surface area (Å²) in [6, 6.07) is 6.43. The van der Waals surface area contributed by atoms with Crippen LogP contribution in [0.25, 0.3) is 0 Å². The van der Waals surface area contributed by atoms with Gasteiger partial charge in [-0.1, -0.05) is 26.0 Å². The summed E-state index contributed by atoms with van der Waals surface area (Å²) < 4.78 is 5.19. The maximum atomic E-state index is 11.7. The Balaban J connectivity index is 2.20. The number of carbonyl (C=O) groups is 1. The predicted molar refractivity (Wildman–Crippen MR) is 91.0 cm³/mol. The molecule has 1 atom stereocenters. The summed E-state index contributed by atoms with van der Waals surface area (Å²) in [4.78, 5) is 18.1. The third kappa shape index (κ3) is 4.30. The molecule has 0 aliphatic rings. The zero-order chi connectivity index (χ0) is 17.0. The van der Waals surface area contributed by atoms with Crippen LogP contribution in [0.3, 0.4) is 0 Å². The van der Waals surface area contributed by atoms with Gasteiger partial charge in [0, 0.05) is 17.8 Å². The maximum absolute atomic E-state index is 11.7. The second-order valence-corrected chi connectivity index (χ2v) is 6.65. The Morgan fingerprint density at radius 1 is 1.43 bits per heavy atom. The van der Waals surface area contributed by atoms with Gasteiger partial charge in [0.15, 0.2) is 0 Å². The second-order valence-electron chi connectivity index (χ2n) is 5.76. The van der Waals surface area contributed by atoms with Crippen molar-refractivity contribution in [1.82, 2.24) is 9.88 Å². The lowest BCUT2D eigenvalue weighted by molar-refractivity contribution is -0.143. The van der Waals surface area contributed by atoms with Crippen molar-refractivity contribution < 1.29 is 14.6 Å². The van der Waals surface area contributed by atoms with Crippen molar-refractivity contribution >= 4 is 17.3 Å². The topological polar surface area (TPSA) is 62.7 Å². The Kier molecular flexibility index (Phi) is 5.74. The summed E-state index contributed by atoms with van der Waals surface area (Å²) in [6.07, 6.45) is 0. The summed E-state index contributed by atoms with van der Waals surface area (Å²) in [5.74, 6) is 0.144. The van der Waals surface area contributed by atoms with Crippen LogP contribution < -0.4 is 4.74 Å². The molecule has 2 rings (SSSR count). The van der Waals surface area contributed by atoms with Crippen LogP contribution in [-0.2, 0) is 11.3 Å². The molecular formula is C17H22N2O3S. The molecule has 0 aliphatic carbocycles. The van der Waals surface area contributed by atoms with E-state index in [9.17, 15) is 9.90 Å². The zero-order valence-electron chi connectivity index (χ0n) is 13.8. The van der Waals surface area contributed by atoms with E-state index in [4.69, 9.17) is 4.74 Å². The SMILES string of the molecule is COc1cccc(C(C(=O)O)N(C)Cc2csc(C(C)C)n2)c1. The summed E-state index contributed by atoms with van der Waals surface area (Å²) in [5, 5.41) is 12.7. The van der Waals surface area contributed by atoms with Gasteiger partial charge in [0.25, 0.3) is 0 Å². The molecular weight excluding hydrogens is 312 g/mol. The Morgan fingerprint density at radius 3 is 2.74 bits per heavy atom. The average Bonchev–Trinajstić information content (AvgIpc) is 2.96. The van der Waals surface area contributed by atoms with Crippen LogP contribution in [0, 0.1) is 0 Å².